The Hall–Kier alpha value is -2.55. The van der Waals surface area contributed by atoms with Gasteiger partial charge in [-0.05, 0) is 6.07 Å². The number of rotatable bonds is 7. The van der Waals surface area contributed by atoms with E-state index in [-0.39, 0.29) is 42.5 Å². The van der Waals surface area contributed by atoms with E-state index in [9.17, 15) is 14.9 Å². The van der Waals surface area contributed by atoms with Crippen LogP contribution in [-0.2, 0) is 11.3 Å². The second-order valence-corrected chi connectivity index (χ2v) is 3.82. The van der Waals surface area contributed by atoms with E-state index in [4.69, 9.17) is 19.3 Å². The van der Waals surface area contributed by atoms with Gasteiger partial charge in [-0.15, -0.1) is 0 Å². The van der Waals surface area contributed by atoms with Crippen molar-refractivity contribution in [1.82, 2.24) is 5.32 Å². The lowest BCUT2D eigenvalue weighted by molar-refractivity contribution is -0.385. The Morgan fingerprint density at radius 2 is 1.95 bits per heavy atom. The summed E-state index contributed by atoms with van der Waals surface area (Å²) in [6.07, 6.45) is -0.784. The number of nitro benzene ring substituents is 1. The van der Waals surface area contributed by atoms with Gasteiger partial charge in [-0.1, -0.05) is 0 Å². The first kappa shape index (κ1) is 16.5. The molecule has 21 heavy (non-hydrogen) atoms. The van der Waals surface area contributed by atoms with Gasteiger partial charge in [-0.3, -0.25) is 10.1 Å². The molecule has 1 aromatic carbocycles. The fourth-order valence-corrected chi connectivity index (χ4v) is 1.55. The summed E-state index contributed by atoms with van der Waals surface area (Å²) >= 11 is 0. The molecular formula is C12H16N2O7. The Morgan fingerprint density at radius 3 is 2.48 bits per heavy atom. The molecule has 1 rings (SSSR count). The first-order chi connectivity index (χ1) is 10.0. The number of benzene rings is 1. The third kappa shape index (κ3) is 4.49. The van der Waals surface area contributed by atoms with Crippen molar-refractivity contribution in [2.75, 3.05) is 27.4 Å². The Labute approximate surface area is 120 Å². The second kappa shape index (κ2) is 7.90. The normalized spacial score (nSPS) is 9.86. The van der Waals surface area contributed by atoms with E-state index in [0.29, 0.717) is 0 Å². The van der Waals surface area contributed by atoms with Crippen molar-refractivity contribution in [3.8, 4) is 11.5 Å². The van der Waals surface area contributed by atoms with Crippen molar-refractivity contribution in [1.29, 1.82) is 0 Å². The third-order valence-corrected chi connectivity index (χ3v) is 2.52. The number of carbonyl (C=O) groups excluding carboxylic acids is 1. The highest BCUT2D eigenvalue weighted by molar-refractivity contribution is 5.67. The highest BCUT2D eigenvalue weighted by atomic mass is 16.6. The number of nitrogens with one attached hydrogen (secondary N) is 1. The topological polar surface area (TPSA) is 120 Å². The Balaban J connectivity index is 2.93. The number of carbonyl (C=O) groups is 1. The van der Waals surface area contributed by atoms with E-state index < -0.39 is 11.0 Å². The minimum Gasteiger partial charge on any atom is -0.493 e. The molecule has 0 spiro atoms. The van der Waals surface area contributed by atoms with Crippen molar-refractivity contribution >= 4 is 11.8 Å². The summed E-state index contributed by atoms with van der Waals surface area (Å²) in [5, 5.41) is 21.8. The van der Waals surface area contributed by atoms with Crippen LogP contribution in [0.1, 0.15) is 5.56 Å². The van der Waals surface area contributed by atoms with Gasteiger partial charge in [0, 0.05) is 6.54 Å². The molecule has 0 atom stereocenters. The van der Waals surface area contributed by atoms with Crippen LogP contribution < -0.4 is 14.8 Å². The smallest absolute Gasteiger partial charge is 0.407 e. The maximum atomic E-state index is 11.3. The number of hydrogen-bond donors (Lipinski definition) is 2. The molecule has 0 unspecified atom stereocenters. The van der Waals surface area contributed by atoms with Crippen LogP contribution in [0, 0.1) is 10.1 Å². The van der Waals surface area contributed by atoms with E-state index >= 15 is 0 Å². The summed E-state index contributed by atoms with van der Waals surface area (Å²) in [6, 6.07) is 2.57. The van der Waals surface area contributed by atoms with Crippen LogP contribution in [0.25, 0.3) is 0 Å². The van der Waals surface area contributed by atoms with Crippen molar-refractivity contribution in [3.63, 3.8) is 0 Å². The molecule has 1 aromatic rings. The number of ether oxygens (including phenoxy) is 3. The Bertz CT molecular complexity index is 519. The van der Waals surface area contributed by atoms with Crippen molar-refractivity contribution < 1.29 is 29.0 Å². The maximum Gasteiger partial charge on any atom is 0.407 e. The van der Waals surface area contributed by atoms with Gasteiger partial charge in [0.1, 0.15) is 6.61 Å². The predicted octanol–water partition coefficient (Wildman–Crippen LogP) is 0.830. The number of methoxy groups -OCH3 is 2. The average molecular weight is 300 g/mol. The first-order valence-electron chi connectivity index (χ1n) is 5.94. The molecule has 9 nitrogen and oxygen atoms in total. The van der Waals surface area contributed by atoms with Gasteiger partial charge in [0.15, 0.2) is 11.5 Å². The molecule has 0 aliphatic rings. The minimum absolute atomic E-state index is 0.0346. The fraction of sp³-hybridized carbons (Fsp3) is 0.417. The number of hydrogen-bond acceptors (Lipinski definition) is 7. The molecule has 0 saturated heterocycles. The SMILES string of the molecule is COc1cc(COC(=O)NCCO)c([N+](=O)[O-])cc1OC. The molecule has 0 aromatic heterocycles. The molecular weight excluding hydrogens is 284 g/mol. The van der Waals surface area contributed by atoms with E-state index in [1.54, 1.807) is 0 Å². The number of amides is 1. The zero-order valence-electron chi connectivity index (χ0n) is 11.6. The number of alkyl carbamates (subject to hydrolysis) is 1. The number of aliphatic hydroxyl groups is 1. The van der Waals surface area contributed by atoms with Crippen LogP contribution in [0.2, 0.25) is 0 Å². The van der Waals surface area contributed by atoms with E-state index in [1.807, 2.05) is 0 Å². The van der Waals surface area contributed by atoms with Crippen molar-refractivity contribution in [2.45, 2.75) is 6.61 Å². The van der Waals surface area contributed by atoms with Crippen molar-refractivity contribution in [3.05, 3.63) is 27.8 Å². The van der Waals surface area contributed by atoms with E-state index in [0.717, 1.165) is 0 Å². The first-order valence-corrected chi connectivity index (χ1v) is 5.94. The molecule has 0 bridgehead atoms. The van der Waals surface area contributed by atoms with Crippen LogP contribution in [0.3, 0.4) is 0 Å². The summed E-state index contributed by atoms with van der Waals surface area (Å²) in [5.74, 6) is 0.496. The van der Waals surface area contributed by atoms with Gasteiger partial charge < -0.3 is 24.6 Å². The second-order valence-electron chi connectivity index (χ2n) is 3.82. The van der Waals surface area contributed by atoms with Crippen LogP contribution in [0.4, 0.5) is 10.5 Å². The number of aliphatic hydroxyl groups excluding tert-OH is 1. The van der Waals surface area contributed by atoms with Gasteiger partial charge in [-0.25, -0.2) is 4.79 Å². The molecule has 0 aliphatic heterocycles. The van der Waals surface area contributed by atoms with Gasteiger partial charge in [0.25, 0.3) is 5.69 Å². The third-order valence-electron chi connectivity index (χ3n) is 2.52. The van der Waals surface area contributed by atoms with E-state index in [1.165, 1.54) is 26.4 Å². The molecule has 0 heterocycles. The number of nitrogens with zero attached hydrogens (tertiary/aromatic N) is 1. The lowest BCUT2D eigenvalue weighted by atomic mass is 10.1. The molecule has 2 N–H and O–H groups in total. The van der Waals surface area contributed by atoms with Gasteiger partial charge in [0.2, 0.25) is 0 Å². The number of nitro groups is 1. The fourth-order valence-electron chi connectivity index (χ4n) is 1.55. The minimum atomic E-state index is -0.784. The Morgan fingerprint density at radius 1 is 1.33 bits per heavy atom. The molecule has 0 fully saturated rings. The summed E-state index contributed by atoms with van der Waals surface area (Å²) in [6.45, 7) is -0.508. The lowest BCUT2D eigenvalue weighted by Gasteiger charge is -2.11. The zero-order chi connectivity index (χ0) is 15.8. The molecule has 0 radical (unpaired) electrons. The predicted molar refractivity (Wildman–Crippen MR) is 71.5 cm³/mol. The average Bonchev–Trinajstić information content (AvgIpc) is 2.49. The van der Waals surface area contributed by atoms with Crippen LogP contribution in [0.15, 0.2) is 12.1 Å². The zero-order valence-corrected chi connectivity index (χ0v) is 11.6. The summed E-state index contributed by atoms with van der Waals surface area (Å²) in [4.78, 5) is 21.7. The molecule has 9 heteroatoms. The van der Waals surface area contributed by atoms with Gasteiger partial charge in [0.05, 0.1) is 37.4 Å². The molecule has 0 aliphatic carbocycles. The summed E-state index contributed by atoms with van der Waals surface area (Å²) < 4.78 is 14.9. The maximum absolute atomic E-state index is 11.3. The lowest BCUT2D eigenvalue weighted by Crippen LogP contribution is -2.27. The highest BCUT2D eigenvalue weighted by Crippen LogP contribution is 2.34. The Kier molecular flexibility index (Phi) is 6.21. The quantitative estimate of drug-likeness (QED) is 0.565. The summed E-state index contributed by atoms with van der Waals surface area (Å²) in [7, 11) is 2.75. The van der Waals surface area contributed by atoms with E-state index in [2.05, 4.69) is 5.32 Å². The van der Waals surface area contributed by atoms with Crippen LogP contribution in [-0.4, -0.2) is 43.5 Å². The van der Waals surface area contributed by atoms with Crippen LogP contribution >= 0.6 is 0 Å². The van der Waals surface area contributed by atoms with Gasteiger partial charge >= 0.3 is 6.09 Å². The van der Waals surface area contributed by atoms with Crippen LogP contribution in [0.5, 0.6) is 11.5 Å². The monoisotopic (exact) mass is 300 g/mol. The highest BCUT2D eigenvalue weighted by Gasteiger charge is 2.20. The standard InChI is InChI=1S/C12H16N2O7/c1-19-10-5-8(7-21-12(16)13-3-4-15)9(14(17)18)6-11(10)20-2/h5-6,15H,3-4,7H2,1-2H3,(H,13,16). The largest absolute Gasteiger partial charge is 0.493 e. The molecule has 116 valence electrons. The molecule has 0 saturated carbocycles. The van der Waals surface area contributed by atoms with Crippen molar-refractivity contribution in [2.24, 2.45) is 0 Å². The summed E-state index contributed by atoms with van der Waals surface area (Å²) in [5.41, 5.74) is -0.0839. The van der Waals surface area contributed by atoms with Gasteiger partial charge in [-0.2, -0.15) is 0 Å². The molecule has 1 amide bonds.